The maximum Gasteiger partial charge on any atom is 0.148 e. The second-order valence-corrected chi connectivity index (χ2v) is 6.40. The first kappa shape index (κ1) is 13.9. The van der Waals surface area contributed by atoms with Gasteiger partial charge in [-0.3, -0.25) is 0 Å². The molecule has 96 valence electrons. The van der Waals surface area contributed by atoms with Crippen molar-refractivity contribution in [3.63, 3.8) is 0 Å². The number of hydrogen-bond donors (Lipinski definition) is 1. The van der Waals surface area contributed by atoms with Crippen molar-refractivity contribution in [3.05, 3.63) is 29.6 Å². The number of rotatable bonds is 5. The van der Waals surface area contributed by atoms with Crippen molar-refractivity contribution in [1.29, 1.82) is 0 Å². The van der Waals surface area contributed by atoms with E-state index >= 15 is 0 Å². The summed E-state index contributed by atoms with van der Waals surface area (Å²) in [4.78, 5) is 1.72. The maximum absolute atomic E-state index is 12.9. The Bertz CT molecular complexity index is 487. The third-order valence-corrected chi connectivity index (χ3v) is 3.25. The van der Waals surface area contributed by atoms with Gasteiger partial charge in [0, 0.05) is 24.9 Å². The van der Waals surface area contributed by atoms with Crippen LogP contribution in [0.1, 0.15) is 5.56 Å². The zero-order chi connectivity index (χ0) is 13.1. The molecular weight excluding hydrogens is 245 g/mol. The number of nitrogens with zero attached hydrogens (tertiary/aromatic N) is 1. The molecule has 0 aliphatic heterocycles. The van der Waals surface area contributed by atoms with E-state index in [0.717, 1.165) is 0 Å². The molecule has 0 heterocycles. The number of hydrogen-bond acceptors (Lipinski definition) is 4. The van der Waals surface area contributed by atoms with Crippen molar-refractivity contribution in [3.8, 4) is 5.75 Å². The molecule has 0 fully saturated rings. The van der Waals surface area contributed by atoms with Crippen LogP contribution in [0.25, 0.3) is 0 Å². The molecule has 0 spiro atoms. The minimum atomic E-state index is -3.01. The van der Waals surface area contributed by atoms with Crippen molar-refractivity contribution in [2.45, 2.75) is 6.54 Å². The fraction of sp³-hybridized carbons (Fsp3) is 0.455. The van der Waals surface area contributed by atoms with E-state index in [9.17, 15) is 17.9 Å². The first-order valence-electron chi connectivity index (χ1n) is 5.11. The predicted octanol–water partition coefficient (Wildman–Crippen LogP) is 1.01. The highest BCUT2D eigenvalue weighted by Gasteiger charge is 2.09. The quantitative estimate of drug-likeness (QED) is 0.859. The largest absolute Gasteiger partial charge is 0.508 e. The Morgan fingerprint density at radius 1 is 1.41 bits per heavy atom. The highest BCUT2D eigenvalue weighted by atomic mass is 32.2. The monoisotopic (exact) mass is 261 g/mol. The molecule has 0 amide bonds. The van der Waals surface area contributed by atoms with Crippen LogP contribution in [0.4, 0.5) is 4.39 Å². The first-order valence-corrected chi connectivity index (χ1v) is 7.17. The van der Waals surface area contributed by atoms with Gasteiger partial charge in [0.25, 0.3) is 0 Å². The number of phenolic OH excluding ortho intramolecular Hbond substituents is 1. The topological polar surface area (TPSA) is 57.6 Å². The molecule has 1 aromatic carbocycles. The fourth-order valence-electron chi connectivity index (χ4n) is 1.37. The first-order chi connectivity index (χ1) is 7.78. The number of phenols is 1. The second-order valence-electron chi connectivity index (χ2n) is 4.14. The minimum Gasteiger partial charge on any atom is -0.508 e. The molecule has 0 atom stereocenters. The number of aromatic hydroxyl groups is 1. The lowest BCUT2D eigenvalue weighted by atomic mass is 10.2. The summed E-state index contributed by atoms with van der Waals surface area (Å²) in [7, 11) is -1.29. The van der Waals surface area contributed by atoms with Gasteiger partial charge in [-0.15, -0.1) is 0 Å². The van der Waals surface area contributed by atoms with Gasteiger partial charge in [-0.25, -0.2) is 12.8 Å². The highest BCUT2D eigenvalue weighted by molar-refractivity contribution is 7.90. The van der Waals surface area contributed by atoms with Crippen molar-refractivity contribution < 1.29 is 17.9 Å². The van der Waals surface area contributed by atoms with Gasteiger partial charge in [-0.1, -0.05) is 0 Å². The van der Waals surface area contributed by atoms with Crippen LogP contribution in [0.15, 0.2) is 18.2 Å². The van der Waals surface area contributed by atoms with Crippen molar-refractivity contribution in [1.82, 2.24) is 4.90 Å². The summed E-state index contributed by atoms with van der Waals surface area (Å²) in [5, 5.41) is 9.50. The van der Waals surface area contributed by atoms with E-state index in [1.165, 1.54) is 24.5 Å². The molecule has 0 aliphatic carbocycles. The van der Waals surface area contributed by atoms with E-state index in [0.29, 0.717) is 18.7 Å². The van der Waals surface area contributed by atoms with Gasteiger partial charge < -0.3 is 10.0 Å². The SMILES string of the molecule is CN(CCS(C)(=O)=O)Cc1cc(F)ccc1O. The summed E-state index contributed by atoms with van der Waals surface area (Å²) in [5.74, 6) is -0.369. The molecule has 0 aliphatic rings. The Labute approximate surface area is 101 Å². The van der Waals surface area contributed by atoms with E-state index in [2.05, 4.69) is 0 Å². The molecule has 0 saturated heterocycles. The Morgan fingerprint density at radius 3 is 2.65 bits per heavy atom. The average molecular weight is 261 g/mol. The Morgan fingerprint density at radius 2 is 2.06 bits per heavy atom. The molecule has 0 saturated carbocycles. The Kier molecular flexibility index (Phi) is 4.47. The third-order valence-electron chi connectivity index (χ3n) is 2.33. The lowest BCUT2D eigenvalue weighted by Crippen LogP contribution is -2.24. The highest BCUT2D eigenvalue weighted by Crippen LogP contribution is 2.19. The minimum absolute atomic E-state index is 0.0117. The molecule has 1 rings (SSSR count). The molecule has 0 unspecified atom stereocenters. The summed E-state index contributed by atoms with van der Waals surface area (Å²) < 4.78 is 34.9. The summed E-state index contributed by atoms with van der Waals surface area (Å²) >= 11 is 0. The third kappa shape index (κ3) is 5.14. The van der Waals surface area contributed by atoms with E-state index in [4.69, 9.17) is 0 Å². The number of halogens is 1. The van der Waals surface area contributed by atoms with Crippen LogP contribution in [-0.2, 0) is 16.4 Å². The Hall–Kier alpha value is -1.14. The summed E-state index contributed by atoms with van der Waals surface area (Å²) in [6.45, 7) is 0.647. The van der Waals surface area contributed by atoms with Gasteiger partial charge >= 0.3 is 0 Å². The summed E-state index contributed by atoms with van der Waals surface area (Å²) in [6.07, 6.45) is 1.17. The summed E-state index contributed by atoms with van der Waals surface area (Å²) in [6, 6.07) is 3.71. The van der Waals surface area contributed by atoms with Crippen LogP contribution in [0.5, 0.6) is 5.75 Å². The van der Waals surface area contributed by atoms with Crippen LogP contribution in [0.2, 0.25) is 0 Å². The standard InChI is InChI=1S/C11H16FNO3S/c1-13(5-6-17(2,15)16)8-9-7-10(12)3-4-11(9)14/h3-4,7,14H,5-6,8H2,1-2H3. The normalized spacial score (nSPS) is 12.0. The molecule has 17 heavy (non-hydrogen) atoms. The molecule has 1 aromatic rings. The van der Waals surface area contributed by atoms with Crippen molar-refractivity contribution in [2.24, 2.45) is 0 Å². The van der Waals surface area contributed by atoms with Gasteiger partial charge in [0.1, 0.15) is 21.4 Å². The summed E-state index contributed by atoms with van der Waals surface area (Å²) in [5.41, 5.74) is 0.445. The van der Waals surface area contributed by atoms with Crippen LogP contribution in [0, 0.1) is 5.82 Å². The molecule has 0 radical (unpaired) electrons. The van der Waals surface area contributed by atoms with Crippen LogP contribution in [-0.4, -0.2) is 44.0 Å². The van der Waals surface area contributed by atoms with Gasteiger partial charge in [0.05, 0.1) is 5.75 Å². The molecular formula is C11H16FNO3S. The lowest BCUT2D eigenvalue weighted by molar-refractivity contribution is 0.337. The average Bonchev–Trinajstić information content (AvgIpc) is 2.20. The molecule has 1 N–H and O–H groups in total. The van der Waals surface area contributed by atoms with E-state index in [1.54, 1.807) is 11.9 Å². The second kappa shape index (κ2) is 5.46. The van der Waals surface area contributed by atoms with Gasteiger partial charge in [-0.05, 0) is 25.2 Å². The molecule has 0 aromatic heterocycles. The number of benzene rings is 1. The molecule has 0 bridgehead atoms. The van der Waals surface area contributed by atoms with Crippen LogP contribution in [0.3, 0.4) is 0 Å². The van der Waals surface area contributed by atoms with Crippen molar-refractivity contribution in [2.75, 3.05) is 25.6 Å². The zero-order valence-corrected chi connectivity index (χ0v) is 10.7. The van der Waals surface area contributed by atoms with Gasteiger partial charge in [-0.2, -0.15) is 0 Å². The van der Waals surface area contributed by atoms with Crippen LogP contribution >= 0.6 is 0 Å². The molecule has 4 nitrogen and oxygen atoms in total. The zero-order valence-electron chi connectivity index (χ0n) is 9.85. The number of sulfone groups is 1. The molecule has 6 heteroatoms. The van der Waals surface area contributed by atoms with E-state index in [-0.39, 0.29) is 11.5 Å². The predicted molar refractivity (Wildman–Crippen MR) is 64.1 cm³/mol. The van der Waals surface area contributed by atoms with Gasteiger partial charge in [0.2, 0.25) is 0 Å². The smallest absolute Gasteiger partial charge is 0.148 e. The van der Waals surface area contributed by atoms with Crippen LogP contribution < -0.4 is 0 Å². The maximum atomic E-state index is 12.9. The van der Waals surface area contributed by atoms with Gasteiger partial charge in [0.15, 0.2) is 0 Å². The Balaban J connectivity index is 2.62. The van der Waals surface area contributed by atoms with E-state index in [1.807, 2.05) is 0 Å². The lowest BCUT2D eigenvalue weighted by Gasteiger charge is -2.16. The van der Waals surface area contributed by atoms with Crippen molar-refractivity contribution >= 4 is 9.84 Å². The fourth-order valence-corrected chi connectivity index (χ4v) is 2.02. The van der Waals surface area contributed by atoms with E-state index < -0.39 is 15.7 Å².